The third-order valence-corrected chi connectivity index (χ3v) is 6.10. The maximum absolute atomic E-state index is 13.0. The first-order chi connectivity index (χ1) is 12.3. The molecular formula is C20H28N2O3. The van der Waals surface area contributed by atoms with E-state index in [-0.39, 0.29) is 11.3 Å². The second kappa shape index (κ2) is 7.44. The van der Waals surface area contributed by atoms with Gasteiger partial charge in [-0.3, -0.25) is 9.69 Å². The lowest BCUT2D eigenvalue weighted by Gasteiger charge is -2.32. The largest absolute Gasteiger partial charge is 0.381 e. The molecule has 1 amide bonds. The van der Waals surface area contributed by atoms with Gasteiger partial charge in [-0.15, -0.1) is 0 Å². The molecule has 1 N–H and O–H groups in total. The van der Waals surface area contributed by atoms with Crippen molar-refractivity contribution >= 4 is 5.91 Å². The highest BCUT2D eigenvalue weighted by Crippen LogP contribution is 2.43. The Hall–Kier alpha value is -1.43. The van der Waals surface area contributed by atoms with E-state index in [1.807, 2.05) is 18.2 Å². The highest BCUT2D eigenvalue weighted by Gasteiger charge is 2.56. The predicted molar refractivity (Wildman–Crippen MR) is 95.3 cm³/mol. The highest BCUT2D eigenvalue weighted by molar-refractivity contribution is 5.84. The molecule has 25 heavy (non-hydrogen) atoms. The number of likely N-dealkylation sites (tertiary alicyclic amines) is 1. The molecule has 0 spiro atoms. The third kappa shape index (κ3) is 3.46. The maximum atomic E-state index is 13.0. The monoisotopic (exact) mass is 344 g/mol. The summed E-state index contributed by atoms with van der Waals surface area (Å²) in [6.07, 6.45) is 3.04. The molecule has 0 radical (unpaired) electrons. The first kappa shape index (κ1) is 17.0. The summed E-state index contributed by atoms with van der Waals surface area (Å²) >= 11 is 0. The number of hydrogen-bond acceptors (Lipinski definition) is 4. The lowest BCUT2D eigenvalue weighted by molar-refractivity contribution is -0.131. The van der Waals surface area contributed by atoms with Crippen molar-refractivity contribution in [2.75, 3.05) is 46.1 Å². The highest BCUT2D eigenvalue weighted by atomic mass is 16.5. The zero-order valence-electron chi connectivity index (χ0n) is 14.8. The summed E-state index contributed by atoms with van der Waals surface area (Å²) in [7, 11) is 0. The lowest BCUT2D eigenvalue weighted by Crippen LogP contribution is -2.48. The van der Waals surface area contributed by atoms with E-state index < -0.39 is 0 Å². The molecule has 0 aromatic heterocycles. The quantitative estimate of drug-likeness (QED) is 0.879. The molecular weight excluding hydrogens is 316 g/mol. The summed E-state index contributed by atoms with van der Waals surface area (Å²) in [6.45, 7) is 5.47. The smallest absolute Gasteiger partial charge is 0.230 e. The van der Waals surface area contributed by atoms with Gasteiger partial charge in [0, 0.05) is 44.8 Å². The number of amides is 1. The topological polar surface area (TPSA) is 50.8 Å². The molecule has 5 heteroatoms. The van der Waals surface area contributed by atoms with Crippen LogP contribution in [0.3, 0.4) is 0 Å². The molecule has 2 atom stereocenters. The number of fused-ring (bicyclic) bond motifs is 1. The molecule has 3 aliphatic heterocycles. The van der Waals surface area contributed by atoms with E-state index in [9.17, 15) is 4.79 Å². The second-order valence-corrected chi connectivity index (χ2v) is 7.63. The van der Waals surface area contributed by atoms with Crippen LogP contribution in [0.1, 0.15) is 18.4 Å². The van der Waals surface area contributed by atoms with Crippen LogP contribution in [0, 0.1) is 11.3 Å². The van der Waals surface area contributed by atoms with E-state index >= 15 is 0 Å². The Balaban J connectivity index is 1.36. The van der Waals surface area contributed by atoms with Crippen LogP contribution < -0.4 is 5.32 Å². The van der Waals surface area contributed by atoms with Crippen molar-refractivity contribution in [2.45, 2.75) is 25.3 Å². The van der Waals surface area contributed by atoms with Gasteiger partial charge >= 0.3 is 0 Å². The van der Waals surface area contributed by atoms with E-state index in [1.165, 1.54) is 5.56 Å². The molecule has 1 aromatic rings. The minimum atomic E-state index is -0.352. The summed E-state index contributed by atoms with van der Waals surface area (Å²) in [6, 6.07) is 10.9. The van der Waals surface area contributed by atoms with E-state index in [4.69, 9.17) is 9.47 Å². The van der Waals surface area contributed by atoms with E-state index in [2.05, 4.69) is 22.3 Å². The van der Waals surface area contributed by atoms with Crippen molar-refractivity contribution in [3.05, 3.63) is 35.9 Å². The second-order valence-electron chi connectivity index (χ2n) is 7.63. The molecule has 3 aliphatic rings. The summed E-state index contributed by atoms with van der Waals surface area (Å²) < 4.78 is 11.2. The van der Waals surface area contributed by atoms with Crippen molar-refractivity contribution in [3.8, 4) is 0 Å². The number of carbonyl (C=O) groups excluding carboxylic acids is 1. The van der Waals surface area contributed by atoms with Gasteiger partial charge in [0.15, 0.2) is 0 Å². The van der Waals surface area contributed by atoms with Crippen LogP contribution in [-0.4, -0.2) is 62.9 Å². The number of nitrogens with zero attached hydrogens (tertiary/aromatic N) is 1. The average molecular weight is 344 g/mol. The van der Waals surface area contributed by atoms with Crippen molar-refractivity contribution in [1.29, 1.82) is 0 Å². The fraction of sp³-hybridized carbons (Fsp3) is 0.650. The van der Waals surface area contributed by atoms with Gasteiger partial charge in [-0.25, -0.2) is 0 Å². The molecule has 4 rings (SSSR count). The zero-order valence-corrected chi connectivity index (χ0v) is 14.8. The van der Waals surface area contributed by atoms with E-state index in [0.29, 0.717) is 31.7 Å². The van der Waals surface area contributed by atoms with Crippen LogP contribution in [0.4, 0.5) is 0 Å². The number of ether oxygens (including phenoxy) is 2. The fourth-order valence-corrected chi connectivity index (χ4v) is 4.57. The van der Waals surface area contributed by atoms with Gasteiger partial charge in [0.25, 0.3) is 0 Å². The van der Waals surface area contributed by atoms with Crippen LogP contribution in [0.25, 0.3) is 0 Å². The van der Waals surface area contributed by atoms with Crippen molar-refractivity contribution < 1.29 is 14.3 Å². The Labute approximate surface area is 149 Å². The van der Waals surface area contributed by atoms with Gasteiger partial charge < -0.3 is 14.8 Å². The standard InChI is InChI=1S/C20H28N2O3/c23-19(21-9-6-16-4-2-1-3-5-16)20-14-22(12-17(20)13-25-15-20)18-7-10-24-11-8-18/h1-5,17-18H,6-15H2,(H,21,23)/t17-,20-/m1/s1. The van der Waals surface area contributed by atoms with Crippen LogP contribution in [-0.2, 0) is 20.7 Å². The van der Waals surface area contributed by atoms with Crippen LogP contribution in [0.2, 0.25) is 0 Å². The minimum Gasteiger partial charge on any atom is -0.381 e. The molecule has 0 saturated carbocycles. The third-order valence-electron chi connectivity index (χ3n) is 6.10. The Morgan fingerprint density at radius 2 is 2.00 bits per heavy atom. The van der Waals surface area contributed by atoms with Crippen LogP contribution in [0.15, 0.2) is 30.3 Å². The first-order valence-corrected chi connectivity index (χ1v) is 9.50. The number of nitrogens with one attached hydrogen (secondary N) is 1. The Kier molecular flexibility index (Phi) is 5.06. The van der Waals surface area contributed by atoms with Gasteiger partial charge in [0.05, 0.1) is 18.6 Å². The molecule has 3 fully saturated rings. The maximum Gasteiger partial charge on any atom is 0.230 e. The summed E-state index contributed by atoms with van der Waals surface area (Å²) in [5.74, 6) is 0.507. The van der Waals surface area contributed by atoms with Crippen molar-refractivity contribution in [1.82, 2.24) is 10.2 Å². The Bertz CT molecular complexity index is 588. The number of hydrogen-bond donors (Lipinski definition) is 1. The van der Waals surface area contributed by atoms with Gasteiger partial charge in [-0.1, -0.05) is 30.3 Å². The van der Waals surface area contributed by atoms with Gasteiger partial charge in [-0.05, 0) is 24.8 Å². The molecule has 0 unspecified atom stereocenters. The van der Waals surface area contributed by atoms with E-state index in [0.717, 1.165) is 45.6 Å². The first-order valence-electron chi connectivity index (χ1n) is 9.50. The lowest BCUT2D eigenvalue weighted by atomic mass is 9.80. The Morgan fingerprint density at radius 1 is 1.20 bits per heavy atom. The molecule has 3 heterocycles. The molecule has 5 nitrogen and oxygen atoms in total. The average Bonchev–Trinajstić information content (AvgIpc) is 3.22. The van der Waals surface area contributed by atoms with E-state index in [1.54, 1.807) is 0 Å². The fourth-order valence-electron chi connectivity index (χ4n) is 4.57. The van der Waals surface area contributed by atoms with Crippen molar-refractivity contribution in [2.24, 2.45) is 11.3 Å². The molecule has 0 aliphatic carbocycles. The number of rotatable bonds is 5. The summed E-state index contributed by atoms with van der Waals surface area (Å²) in [4.78, 5) is 15.5. The Morgan fingerprint density at radius 3 is 2.80 bits per heavy atom. The number of benzene rings is 1. The molecule has 0 bridgehead atoms. The molecule has 136 valence electrons. The normalized spacial score (nSPS) is 30.3. The van der Waals surface area contributed by atoms with Crippen LogP contribution >= 0.6 is 0 Å². The summed E-state index contributed by atoms with van der Waals surface area (Å²) in [5, 5.41) is 3.19. The molecule has 3 saturated heterocycles. The SMILES string of the molecule is O=C(NCCc1ccccc1)[C@]12COC[C@H]1CN(C1CCOCC1)C2. The van der Waals surface area contributed by atoms with Gasteiger partial charge in [0.2, 0.25) is 5.91 Å². The predicted octanol–water partition coefficient (Wildman–Crippen LogP) is 1.47. The summed E-state index contributed by atoms with van der Waals surface area (Å²) in [5.41, 5.74) is 0.907. The van der Waals surface area contributed by atoms with Gasteiger partial charge in [-0.2, -0.15) is 0 Å². The van der Waals surface area contributed by atoms with Gasteiger partial charge in [0.1, 0.15) is 0 Å². The molecule has 1 aromatic carbocycles. The minimum absolute atomic E-state index is 0.181. The number of carbonyl (C=O) groups is 1. The van der Waals surface area contributed by atoms with Crippen molar-refractivity contribution in [3.63, 3.8) is 0 Å². The van der Waals surface area contributed by atoms with Crippen LogP contribution in [0.5, 0.6) is 0 Å². The zero-order chi connectivity index (χ0) is 17.1.